The number of benzene rings is 2. The Morgan fingerprint density at radius 3 is 2.37 bits per heavy atom. The van der Waals surface area contributed by atoms with Gasteiger partial charge in [0.15, 0.2) is 5.17 Å². The minimum atomic E-state index is -0.496. The third-order valence-corrected chi connectivity index (χ3v) is 5.63. The standard InChI is InChI=1S/C22H25N3O4S/c1-4-25-21(27)19(14-20(26)23-15-6-10-17(28-3)11-7-15)30-22(25)24-16-8-12-18(13-9-16)29-5-2/h6-13,19H,4-5,14H2,1-3H3,(H,23,26)/t19-/m1/s1. The molecular weight excluding hydrogens is 402 g/mol. The number of nitrogens with zero attached hydrogens (tertiary/aromatic N) is 2. The van der Waals surface area contributed by atoms with Crippen LogP contribution in [0.4, 0.5) is 11.4 Å². The van der Waals surface area contributed by atoms with E-state index >= 15 is 0 Å². The van der Waals surface area contributed by atoms with E-state index in [1.165, 1.54) is 11.8 Å². The van der Waals surface area contributed by atoms with Crippen LogP contribution in [0.2, 0.25) is 0 Å². The van der Waals surface area contributed by atoms with Crippen molar-refractivity contribution in [2.75, 3.05) is 25.6 Å². The number of nitrogens with one attached hydrogen (secondary N) is 1. The number of carbonyl (C=O) groups is 2. The largest absolute Gasteiger partial charge is 0.497 e. The van der Waals surface area contributed by atoms with Crippen LogP contribution in [-0.4, -0.2) is 47.4 Å². The van der Waals surface area contributed by atoms with E-state index in [1.54, 1.807) is 36.3 Å². The molecule has 1 aliphatic heterocycles. The van der Waals surface area contributed by atoms with Gasteiger partial charge in [0, 0.05) is 18.7 Å². The van der Waals surface area contributed by atoms with Gasteiger partial charge in [-0.2, -0.15) is 0 Å². The van der Waals surface area contributed by atoms with Crippen LogP contribution in [0.3, 0.4) is 0 Å². The van der Waals surface area contributed by atoms with Crippen LogP contribution in [-0.2, 0) is 9.59 Å². The summed E-state index contributed by atoms with van der Waals surface area (Å²) in [4.78, 5) is 31.4. The Morgan fingerprint density at radius 1 is 1.10 bits per heavy atom. The molecule has 0 aliphatic carbocycles. The van der Waals surface area contributed by atoms with Crippen LogP contribution in [0.1, 0.15) is 20.3 Å². The van der Waals surface area contributed by atoms with Gasteiger partial charge >= 0.3 is 0 Å². The molecular formula is C22H25N3O4S. The summed E-state index contributed by atoms with van der Waals surface area (Å²) in [7, 11) is 1.59. The molecule has 2 aromatic carbocycles. The molecule has 7 nitrogen and oxygen atoms in total. The highest BCUT2D eigenvalue weighted by atomic mass is 32.2. The molecule has 1 saturated heterocycles. The Kier molecular flexibility index (Phi) is 7.35. The molecule has 2 amide bonds. The van der Waals surface area contributed by atoms with E-state index in [1.807, 2.05) is 38.1 Å². The fourth-order valence-electron chi connectivity index (χ4n) is 2.96. The minimum absolute atomic E-state index is 0.0777. The maximum Gasteiger partial charge on any atom is 0.242 e. The summed E-state index contributed by atoms with van der Waals surface area (Å²) < 4.78 is 10.6. The van der Waals surface area contributed by atoms with E-state index in [0.29, 0.717) is 29.8 Å². The number of hydrogen-bond acceptors (Lipinski definition) is 6. The fourth-order valence-corrected chi connectivity index (χ4v) is 4.19. The molecule has 1 aliphatic rings. The molecule has 1 N–H and O–H groups in total. The topological polar surface area (TPSA) is 80.2 Å². The first-order valence-corrected chi connectivity index (χ1v) is 10.7. The third-order valence-electron chi connectivity index (χ3n) is 4.45. The monoisotopic (exact) mass is 427 g/mol. The fraction of sp³-hybridized carbons (Fsp3) is 0.318. The molecule has 0 saturated carbocycles. The predicted molar refractivity (Wildman–Crippen MR) is 120 cm³/mol. The highest BCUT2D eigenvalue weighted by molar-refractivity contribution is 8.15. The molecule has 158 valence electrons. The van der Waals surface area contributed by atoms with Gasteiger partial charge in [0.25, 0.3) is 0 Å². The molecule has 2 aromatic rings. The maximum absolute atomic E-state index is 12.8. The van der Waals surface area contributed by atoms with Gasteiger partial charge in [-0.25, -0.2) is 4.99 Å². The van der Waals surface area contributed by atoms with E-state index in [9.17, 15) is 9.59 Å². The van der Waals surface area contributed by atoms with Crippen molar-refractivity contribution in [3.05, 3.63) is 48.5 Å². The molecule has 1 atom stereocenters. The van der Waals surface area contributed by atoms with E-state index in [4.69, 9.17) is 9.47 Å². The van der Waals surface area contributed by atoms with Crippen LogP contribution in [0.15, 0.2) is 53.5 Å². The van der Waals surface area contributed by atoms with E-state index < -0.39 is 5.25 Å². The summed E-state index contributed by atoms with van der Waals surface area (Å²) in [5.41, 5.74) is 1.39. The number of amides is 2. The first kappa shape index (κ1) is 21.7. The molecule has 0 bridgehead atoms. The van der Waals surface area contributed by atoms with Crippen LogP contribution in [0.25, 0.3) is 0 Å². The van der Waals surface area contributed by atoms with Gasteiger partial charge in [-0.05, 0) is 62.4 Å². The average Bonchev–Trinajstić information content (AvgIpc) is 3.04. The Labute approximate surface area is 180 Å². The van der Waals surface area contributed by atoms with E-state index in [2.05, 4.69) is 10.3 Å². The third kappa shape index (κ3) is 5.33. The lowest BCUT2D eigenvalue weighted by atomic mass is 10.2. The Hall–Kier alpha value is -3.00. The van der Waals surface area contributed by atoms with Gasteiger partial charge in [0.05, 0.1) is 19.4 Å². The second-order valence-corrected chi connectivity index (χ2v) is 7.66. The van der Waals surface area contributed by atoms with Crippen molar-refractivity contribution in [1.82, 2.24) is 4.90 Å². The van der Waals surface area contributed by atoms with Crippen LogP contribution in [0.5, 0.6) is 11.5 Å². The maximum atomic E-state index is 12.8. The zero-order valence-corrected chi connectivity index (χ0v) is 18.1. The summed E-state index contributed by atoms with van der Waals surface area (Å²) in [6.07, 6.45) is 0.0777. The van der Waals surface area contributed by atoms with Crippen LogP contribution < -0.4 is 14.8 Å². The number of anilines is 1. The van der Waals surface area contributed by atoms with Crippen molar-refractivity contribution in [2.45, 2.75) is 25.5 Å². The van der Waals surface area contributed by atoms with E-state index in [-0.39, 0.29) is 18.2 Å². The molecule has 8 heteroatoms. The summed E-state index contributed by atoms with van der Waals surface area (Å²) >= 11 is 1.32. The number of amidine groups is 1. The van der Waals surface area contributed by atoms with Crippen molar-refractivity contribution >= 4 is 40.1 Å². The Morgan fingerprint density at radius 2 is 1.77 bits per heavy atom. The lowest BCUT2D eigenvalue weighted by Crippen LogP contribution is -2.33. The second-order valence-electron chi connectivity index (χ2n) is 6.49. The number of hydrogen-bond donors (Lipinski definition) is 1. The highest BCUT2D eigenvalue weighted by Gasteiger charge is 2.38. The summed E-state index contributed by atoms with van der Waals surface area (Å²) in [5, 5.41) is 2.93. The van der Waals surface area contributed by atoms with Crippen molar-refractivity contribution in [2.24, 2.45) is 4.99 Å². The molecule has 1 heterocycles. The van der Waals surface area contributed by atoms with Crippen molar-refractivity contribution < 1.29 is 19.1 Å². The van der Waals surface area contributed by atoms with Gasteiger partial charge in [-0.1, -0.05) is 11.8 Å². The molecule has 0 spiro atoms. The zero-order valence-electron chi connectivity index (χ0n) is 17.3. The summed E-state index contributed by atoms with van der Waals surface area (Å²) in [6, 6.07) is 14.5. The van der Waals surface area contributed by atoms with Crippen LogP contribution >= 0.6 is 11.8 Å². The molecule has 0 aromatic heterocycles. The first-order chi connectivity index (χ1) is 14.5. The number of ether oxygens (including phenoxy) is 2. The van der Waals surface area contributed by atoms with Gasteiger partial charge in [-0.3, -0.25) is 14.5 Å². The second kappa shape index (κ2) is 10.2. The Bertz CT molecular complexity index is 913. The smallest absolute Gasteiger partial charge is 0.242 e. The molecule has 0 radical (unpaired) electrons. The predicted octanol–water partition coefficient (Wildman–Crippen LogP) is 4.07. The number of methoxy groups -OCH3 is 1. The lowest BCUT2D eigenvalue weighted by Gasteiger charge is -2.13. The van der Waals surface area contributed by atoms with Gasteiger partial charge in [0.1, 0.15) is 16.7 Å². The quantitative estimate of drug-likeness (QED) is 0.687. The number of thioether (sulfide) groups is 1. The Balaban J connectivity index is 1.66. The molecule has 0 unspecified atom stereocenters. The number of aliphatic imine (C=N–C) groups is 1. The normalized spacial score (nSPS) is 17.3. The first-order valence-electron chi connectivity index (χ1n) is 9.77. The number of carbonyl (C=O) groups excluding carboxylic acids is 2. The van der Waals surface area contributed by atoms with Crippen molar-refractivity contribution in [3.63, 3.8) is 0 Å². The molecule has 1 fully saturated rings. The SMILES string of the molecule is CCOc1ccc(N=C2S[C@H](CC(=O)Nc3ccc(OC)cc3)C(=O)N2CC)cc1. The van der Waals surface area contributed by atoms with E-state index in [0.717, 1.165) is 11.4 Å². The van der Waals surface area contributed by atoms with Gasteiger partial charge < -0.3 is 14.8 Å². The molecule has 3 rings (SSSR count). The minimum Gasteiger partial charge on any atom is -0.497 e. The van der Waals surface area contributed by atoms with Crippen LogP contribution in [0, 0.1) is 0 Å². The highest BCUT2D eigenvalue weighted by Crippen LogP contribution is 2.32. The number of rotatable bonds is 8. The summed E-state index contributed by atoms with van der Waals surface area (Å²) in [6.45, 7) is 4.92. The van der Waals surface area contributed by atoms with Gasteiger partial charge in [-0.15, -0.1) is 0 Å². The summed E-state index contributed by atoms with van der Waals surface area (Å²) in [5.74, 6) is 1.17. The van der Waals surface area contributed by atoms with Crippen molar-refractivity contribution in [1.29, 1.82) is 0 Å². The van der Waals surface area contributed by atoms with Gasteiger partial charge in [0.2, 0.25) is 11.8 Å². The molecule has 30 heavy (non-hydrogen) atoms. The zero-order chi connectivity index (χ0) is 21.5. The lowest BCUT2D eigenvalue weighted by molar-refractivity contribution is -0.128. The average molecular weight is 428 g/mol. The van der Waals surface area contributed by atoms with Crippen molar-refractivity contribution in [3.8, 4) is 11.5 Å².